The molecule has 5 heteroatoms. The maximum absolute atomic E-state index is 12.0. The first kappa shape index (κ1) is 18.5. The highest BCUT2D eigenvalue weighted by molar-refractivity contribution is 5.78. The van der Waals surface area contributed by atoms with Crippen LogP contribution in [-0.2, 0) is 21.6 Å². The van der Waals surface area contributed by atoms with Crippen LogP contribution in [0, 0.1) is 0 Å². The average Bonchev–Trinajstić information content (AvgIpc) is 2.59. The number of fused-ring (bicyclic) bond motifs is 1. The van der Waals surface area contributed by atoms with Gasteiger partial charge in [0.2, 0.25) is 11.8 Å². The Kier molecular flexibility index (Phi) is 6.79. The minimum atomic E-state index is -0.983. The second kappa shape index (κ2) is 8.83. The first-order valence-electron chi connectivity index (χ1n) is 8.89. The number of carbonyl (C=O) groups is 2. The quantitative estimate of drug-likeness (QED) is 0.681. The lowest BCUT2D eigenvalue weighted by Gasteiger charge is -2.34. The van der Waals surface area contributed by atoms with Crippen LogP contribution in [0.2, 0.25) is 0 Å². The Labute approximate surface area is 143 Å². The van der Waals surface area contributed by atoms with Crippen molar-refractivity contribution in [1.82, 2.24) is 10.6 Å². The molecule has 0 heterocycles. The highest BCUT2D eigenvalue weighted by atomic mass is 16.3. The van der Waals surface area contributed by atoms with Gasteiger partial charge >= 0.3 is 0 Å². The number of nitrogens with one attached hydrogen (secondary N) is 2. The molecular formula is C19H28N2O3. The van der Waals surface area contributed by atoms with Crippen molar-refractivity contribution in [2.75, 3.05) is 13.1 Å². The number of benzene rings is 1. The molecule has 5 nitrogen and oxygen atoms in total. The van der Waals surface area contributed by atoms with E-state index in [1.807, 2.05) is 31.2 Å². The monoisotopic (exact) mass is 332 g/mol. The number of hydrogen-bond donors (Lipinski definition) is 3. The number of amides is 2. The zero-order chi connectivity index (χ0) is 17.4. The van der Waals surface area contributed by atoms with Gasteiger partial charge in [-0.2, -0.15) is 0 Å². The standard InChI is InChI=1S/C19H28N2O3/c1-2-13-20-17(22)10-5-11-18(23)21-14-19(24)12-6-8-15-7-3-4-9-16(15)19/h3-4,7,9,24H,2,5-6,8,10-14H2,1H3,(H,20,22)(H,21,23). The third-order valence-corrected chi connectivity index (χ3v) is 4.51. The van der Waals surface area contributed by atoms with Crippen LogP contribution in [0.4, 0.5) is 0 Å². The molecule has 1 aromatic carbocycles. The zero-order valence-corrected chi connectivity index (χ0v) is 14.4. The van der Waals surface area contributed by atoms with Gasteiger partial charge in [0.25, 0.3) is 0 Å². The van der Waals surface area contributed by atoms with Gasteiger partial charge in [0.1, 0.15) is 5.60 Å². The fourth-order valence-electron chi connectivity index (χ4n) is 3.18. The normalized spacial score (nSPS) is 19.4. The van der Waals surface area contributed by atoms with Crippen molar-refractivity contribution in [3.8, 4) is 0 Å². The van der Waals surface area contributed by atoms with E-state index in [9.17, 15) is 14.7 Å². The number of carbonyl (C=O) groups excluding carboxylic acids is 2. The van der Waals surface area contributed by atoms with E-state index in [-0.39, 0.29) is 18.4 Å². The number of rotatable bonds is 8. The Morgan fingerprint density at radius 1 is 1.17 bits per heavy atom. The first-order valence-corrected chi connectivity index (χ1v) is 8.89. The van der Waals surface area contributed by atoms with Crippen molar-refractivity contribution >= 4 is 11.8 Å². The van der Waals surface area contributed by atoms with E-state index in [1.54, 1.807) is 0 Å². The van der Waals surface area contributed by atoms with Gasteiger partial charge in [0, 0.05) is 19.4 Å². The summed E-state index contributed by atoms with van der Waals surface area (Å²) < 4.78 is 0. The van der Waals surface area contributed by atoms with Gasteiger partial charge in [0.05, 0.1) is 6.54 Å². The van der Waals surface area contributed by atoms with Crippen molar-refractivity contribution in [3.05, 3.63) is 35.4 Å². The Hall–Kier alpha value is -1.88. The fourth-order valence-corrected chi connectivity index (χ4v) is 3.18. The summed E-state index contributed by atoms with van der Waals surface area (Å²) in [6.07, 6.45) is 4.64. The van der Waals surface area contributed by atoms with Crippen molar-refractivity contribution < 1.29 is 14.7 Å². The highest BCUT2D eigenvalue weighted by Gasteiger charge is 2.34. The van der Waals surface area contributed by atoms with Crippen molar-refractivity contribution in [1.29, 1.82) is 0 Å². The SMILES string of the molecule is CCCNC(=O)CCCC(=O)NCC1(O)CCCc2ccccc21. The molecule has 3 N–H and O–H groups in total. The van der Waals surface area contributed by atoms with Gasteiger partial charge in [-0.1, -0.05) is 31.2 Å². The van der Waals surface area contributed by atoms with Gasteiger partial charge < -0.3 is 15.7 Å². The molecule has 0 radical (unpaired) electrons. The summed E-state index contributed by atoms with van der Waals surface area (Å²) in [6, 6.07) is 7.88. The van der Waals surface area contributed by atoms with E-state index in [1.165, 1.54) is 0 Å². The molecule has 0 saturated heterocycles. The number of aliphatic hydroxyl groups is 1. The van der Waals surface area contributed by atoms with E-state index in [0.717, 1.165) is 30.4 Å². The summed E-state index contributed by atoms with van der Waals surface area (Å²) in [5, 5.41) is 16.5. The smallest absolute Gasteiger partial charge is 0.220 e. The lowest BCUT2D eigenvalue weighted by molar-refractivity contribution is -0.123. The van der Waals surface area contributed by atoms with E-state index < -0.39 is 5.60 Å². The molecule has 0 bridgehead atoms. The molecule has 0 spiro atoms. The minimum absolute atomic E-state index is 0.00973. The van der Waals surface area contributed by atoms with Crippen molar-refractivity contribution in [2.24, 2.45) is 0 Å². The predicted molar refractivity (Wildman–Crippen MR) is 93.4 cm³/mol. The Morgan fingerprint density at radius 2 is 1.88 bits per heavy atom. The van der Waals surface area contributed by atoms with Crippen LogP contribution < -0.4 is 10.6 Å². The topological polar surface area (TPSA) is 78.4 Å². The highest BCUT2D eigenvalue weighted by Crippen LogP contribution is 2.34. The molecule has 0 saturated carbocycles. The molecule has 132 valence electrons. The summed E-state index contributed by atoms with van der Waals surface area (Å²) in [5.41, 5.74) is 1.10. The average molecular weight is 332 g/mol. The zero-order valence-electron chi connectivity index (χ0n) is 14.4. The van der Waals surface area contributed by atoms with Crippen LogP contribution in [-0.4, -0.2) is 30.0 Å². The van der Waals surface area contributed by atoms with Gasteiger partial charge in [-0.25, -0.2) is 0 Å². The first-order chi connectivity index (χ1) is 11.5. The maximum Gasteiger partial charge on any atom is 0.220 e. The third kappa shape index (κ3) is 5.06. The second-order valence-electron chi connectivity index (χ2n) is 6.52. The van der Waals surface area contributed by atoms with Gasteiger partial charge in [0.15, 0.2) is 0 Å². The van der Waals surface area contributed by atoms with E-state index in [4.69, 9.17) is 0 Å². The van der Waals surface area contributed by atoms with E-state index >= 15 is 0 Å². The lowest BCUT2D eigenvalue weighted by atomic mass is 9.79. The molecule has 0 aliphatic heterocycles. The molecule has 1 unspecified atom stereocenters. The second-order valence-corrected chi connectivity index (χ2v) is 6.52. The molecule has 2 rings (SSSR count). The van der Waals surface area contributed by atoms with E-state index in [0.29, 0.717) is 32.2 Å². The van der Waals surface area contributed by atoms with Gasteiger partial charge in [-0.05, 0) is 43.2 Å². The summed E-state index contributed by atoms with van der Waals surface area (Å²) >= 11 is 0. The van der Waals surface area contributed by atoms with Crippen molar-refractivity contribution in [2.45, 2.75) is 57.5 Å². The van der Waals surface area contributed by atoms with Crippen LogP contribution >= 0.6 is 0 Å². The molecule has 1 atom stereocenters. The van der Waals surface area contributed by atoms with Crippen molar-refractivity contribution in [3.63, 3.8) is 0 Å². The number of hydrogen-bond acceptors (Lipinski definition) is 3. The van der Waals surface area contributed by atoms with Crippen LogP contribution in [0.25, 0.3) is 0 Å². The van der Waals surface area contributed by atoms with E-state index in [2.05, 4.69) is 10.6 Å². The summed E-state index contributed by atoms with van der Waals surface area (Å²) in [4.78, 5) is 23.5. The van der Waals surface area contributed by atoms with Crippen LogP contribution in [0.15, 0.2) is 24.3 Å². The molecule has 0 aromatic heterocycles. The Balaban J connectivity index is 1.77. The Morgan fingerprint density at radius 3 is 2.62 bits per heavy atom. The van der Waals surface area contributed by atoms with Gasteiger partial charge in [-0.15, -0.1) is 0 Å². The molecule has 24 heavy (non-hydrogen) atoms. The minimum Gasteiger partial charge on any atom is -0.383 e. The molecule has 2 amide bonds. The molecular weight excluding hydrogens is 304 g/mol. The van der Waals surface area contributed by atoms with Crippen LogP contribution in [0.3, 0.4) is 0 Å². The maximum atomic E-state index is 12.0. The predicted octanol–water partition coefficient (Wildman–Crippen LogP) is 2.02. The fraction of sp³-hybridized carbons (Fsp3) is 0.579. The summed E-state index contributed by atoms with van der Waals surface area (Å²) in [5.74, 6) is -0.126. The van der Waals surface area contributed by atoms with Crippen LogP contribution in [0.5, 0.6) is 0 Å². The molecule has 1 aliphatic rings. The summed E-state index contributed by atoms with van der Waals surface area (Å²) in [7, 11) is 0. The largest absolute Gasteiger partial charge is 0.383 e. The molecule has 1 aromatic rings. The number of aryl methyl sites for hydroxylation is 1. The lowest BCUT2D eigenvalue weighted by Crippen LogP contribution is -2.43. The molecule has 0 fully saturated rings. The van der Waals surface area contributed by atoms with Gasteiger partial charge in [-0.3, -0.25) is 9.59 Å². The Bertz CT molecular complexity index is 573. The molecule has 1 aliphatic carbocycles. The third-order valence-electron chi connectivity index (χ3n) is 4.51. The summed E-state index contributed by atoms with van der Waals surface area (Å²) in [6.45, 7) is 2.91. The van der Waals surface area contributed by atoms with Crippen LogP contribution in [0.1, 0.15) is 56.6 Å².